The van der Waals surface area contributed by atoms with E-state index in [4.69, 9.17) is 18.9 Å². The Balaban J connectivity index is 1.49. The van der Waals surface area contributed by atoms with Crippen LogP contribution in [0.2, 0.25) is 0 Å². The molecule has 1 heterocycles. The highest BCUT2D eigenvalue weighted by Crippen LogP contribution is 2.25. The third-order valence-electron chi connectivity index (χ3n) is 5.93. The maximum atomic E-state index is 11.9. The summed E-state index contributed by atoms with van der Waals surface area (Å²) < 4.78 is 25.0. The molecule has 0 unspecified atom stereocenters. The largest absolute Gasteiger partial charge is 0.374 e. The average Bonchev–Trinajstić information content (AvgIpc) is 2.89. The van der Waals surface area contributed by atoms with Crippen LogP contribution in [0.15, 0.2) is 91.0 Å². The van der Waals surface area contributed by atoms with Crippen molar-refractivity contribution in [2.24, 2.45) is 0 Å². The number of hydrogen-bond donors (Lipinski definition) is 1. The predicted molar refractivity (Wildman–Crippen MR) is 133 cm³/mol. The van der Waals surface area contributed by atoms with E-state index in [0.29, 0.717) is 33.0 Å². The molecule has 6 heteroatoms. The van der Waals surface area contributed by atoms with Gasteiger partial charge in [-0.3, -0.25) is 4.79 Å². The van der Waals surface area contributed by atoms with E-state index >= 15 is 0 Å². The summed E-state index contributed by atoms with van der Waals surface area (Å²) >= 11 is 0. The molecule has 0 radical (unpaired) electrons. The van der Waals surface area contributed by atoms with Gasteiger partial charge in [-0.1, -0.05) is 91.0 Å². The molecule has 3 aromatic rings. The summed E-state index contributed by atoms with van der Waals surface area (Å²) in [5, 5.41) is 2.99. The van der Waals surface area contributed by atoms with Crippen LogP contribution in [0.5, 0.6) is 0 Å². The number of carbonyl (C=O) groups is 1. The zero-order valence-corrected chi connectivity index (χ0v) is 20.0. The van der Waals surface area contributed by atoms with Crippen LogP contribution in [-0.4, -0.2) is 43.5 Å². The average molecular weight is 476 g/mol. The van der Waals surface area contributed by atoms with Crippen molar-refractivity contribution in [2.75, 3.05) is 13.2 Å². The number of nitrogens with one attached hydrogen (secondary N) is 1. The van der Waals surface area contributed by atoms with Gasteiger partial charge in [0, 0.05) is 6.92 Å². The van der Waals surface area contributed by atoms with Crippen LogP contribution in [0.1, 0.15) is 23.6 Å². The molecule has 0 aromatic heterocycles. The predicted octanol–water partition coefficient (Wildman–Crippen LogP) is 4.28. The van der Waals surface area contributed by atoms with Crippen molar-refractivity contribution in [3.8, 4) is 0 Å². The first-order valence-corrected chi connectivity index (χ1v) is 12.0. The number of amides is 1. The second-order valence-electron chi connectivity index (χ2n) is 8.70. The van der Waals surface area contributed by atoms with Gasteiger partial charge in [-0.25, -0.2) is 0 Å². The van der Waals surface area contributed by atoms with E-state index in [1.54, 1.807) is 0 Å². The fourth-order valence-electron chi connectivity index (χ4n) is 4.20. The van der Waals surface area contributed by atoms with Gasteiger partial charge in [-0.15, -0.1) is 0 Å². The normalized spacial score (nSPS) is 22.0. The summed E-state index contributed by atoms with van der Waals surface area (Å²) in [6.07, 6.45) is -1.17. The molecular formula is C29H33NO5. The van der Waals surface area contributed by atoms with Gasteiger partial charge in [0.05, 0.1) is 39.1 Å². The third kappa shape index (κ3) is 7.73. The minimum absolute atomic E-state index is 0.132. The maximum Gasteiger partial charge on any atom is 0.217 e. The molecule has 35 heavy (non-hydrogen) atoms. The van der Waals surface area contributed by atoms with Crippen LogP contribution in [0, 0.1) is 0 Å². The summed E-state index contributed by atoms with van der Waals surface area (Å²) in [5.41, 5.74) is 3.21. The van der Waals surface area contributed by atoms with E-state index in [1.807, 2.05) is 91.0 Å². The first-order chi connectivity index (χ1) is 17.2. The fraction of sp³-hybridized carbons (Fsp3) is 0.345. The molecule has 0 aliphatic carbocycles. The summed E-state index contributed by atoms with van der Waals surface area (Å²) in [4.78, 5) is 11.9. The van der Waals surface area contributed by atoms with Crippen LogP contribution in [0.3, 0.4) is 0 Å². The molecule has 1 aliphatic rings. The highest BCUT2D eigenvalue weighted by Gasteiger charge is 2.42. The van der Waals surface area contributed by atoms with Crippen molar-refractivity contribution < 1.29 is 23.7 Å². The van der Waals surface area contributed by atoms with Crippen molar-refractivity contribution in [1.29, 1.82) is 0 Å². The van der Waals surface area contributed by atoms with E-state index in [0.717, 1.165) is 16.7 Å². The van der Waals surface area contributed by atoms with Crippen LogP contribution in [0.4, 0.5) is 0 Å². The quantitative estimate of drug-likeness (QED) is 0.449. The molecule has 184 valence electrons. The minimum atomic E-state index is -0.430. The van der Waals surface area contributed by atoms with Gasteiger partial charge in [0.15, 0.2) is 0 Å². The van der Waals surface area contributed by atoms with E-state index in [2.05, 4.69) is 5.32 Å². The zero-order chi connectivity index (χ0) is 24.3. The Bertz CT molecular complexity index is 1020. The summed E-state index contributed by atoms with van der Waals surface area (Å²) in [6, 6.07) is 29.7. The Morgan fingerprint density at radius 3 is 1.77 bits per heavy atom. The van der Waals surface area contributed by atoms with Gasteiger partial charge < -0.3 is 24.3 Å². The molecule has 1 amide bonds. The summed E-state index contributed by atoms with van der Waals surface area (Å²) in [6.45, 7) is 3.47. The Morgan fingerprint density at radius 1 is 0.771 bits per heavy atom. The monoisotopic (exact) mass is 475 g/mol. The molecule has 3 aromatic carbocycles. The molecule has 1 fully saturated rings. The first-order valence-electron chi connectivity index (χ1n) is 12.0. The number of rotatable bonds is 11. The lowest BCUT2D eigenvalue weighted by atomic mass is 9.97. The summed E-state index contributed by atoms with van der Waals surface area (Å²) in [5.74, 6) is -0.132. The van der Waals surface area contributed by atoms with Gasteiger partial charge in [0.2, 0.25) is 5.91 Å². The van der Waals surface area contributed by atoms with E-state index < -0.39 is 12.2 Å². The van der Waals surface area contributed by atoms with E-state index in [1.165, 1.54) is 6.92 Å². The second-order valence-corrected chi connectivity index (χ2v) is 8.70. The van der Waals surface area contributed by atoms with Crippen LogP contribution in [-0.2, 0) is 43.6 Å². The maximum absolute atomic E-state index is 11.9. The van der Waals surface area contributed by atoms with Crippen molar-refractivity contribution in [3.05, 3.63) is 108 Å². The molecule has 1 N–H and O–H groups in total. The Morgan fingerprint density at radius 2 is 1.26 bits per heavy atom. The standard InChI is InChI=1S/C29H33NO5/c1-22(31)30-26-20-33-27(21-32-17-23-11-5-2-6-12-23)29(35-19-25-15-9-4-10-16-25)28(26)34-18-24-13-7-3-8-14-24/h2-16,26-29H,17-21H2,1H3,(H,30,31)/t26-,27+,28+,29+/m0/s1. The zero-order valence-electron chi connectivity index (χ0n) is 20.0. The van der Waals surface area contributed by atoms with E-state index in [9.17, 15) is 4.79 Å². The molecular weight excluding hydrogens is 442 g/mol. The van der Waals surface area contributed by atoms with Crippen molar-refractivity contribution >= 4 is 5.91 Å². The van der Waals surface area contributed by atoms with Gasteiger partial charge in [-0.2, -0.15) is 0 Å². The fourth-order valence-corrected chi connectivity index (χ4v) is 4.20. The van der Waals surface area contributed by atoms with Crippen molar-refractivity contribution in [2.45, 2.75) is 51.1 Å². The molecule has 1 saturated heterocycles. The molecule has 4 atom stereocenters. The summed E-state index contributed by atoms with van der Waals surface area (Å²) in [7, 11) is 0. The molecule has 6 nitrogen and oxygen atoms in total. The number of hydrogen-bond acceptors (Lipinski definition) is 5. The Hall–Kier alpha value is -3.03. The second kappa shape index (κ2) is 13.2. The van der Waals surface area contributed by atoms with Gasteiger partial charge >= 0.3 is 0 Å². The highest BCUT2D eigenvalue weighted by molar-refractivity contribution is 5.73. The van der Waals surface area contributed by atoms with Gasteiger partial charge in [-0.05, 0) is 16.7 Å². The van der Waals surface area contributed by atoms with Crippen molar-refractivity contribution in [1.82, 2.24) is 5.32 Å². The third-order valence-corrected chi connectivity index (χ3v) is 5.93. The minimum Gasteiger partial charge on any atom is -0.374 e. The topological polar surface area (TPSA) is 66.0 Å². The lowest BCUT2D eigenvalue weighted by Crippen LogP contribution is -2.61. The molecule has 1 aliphatic heterocycles. The highest BCUT2D eigenvalue weighted by atomic mass is 16.6. The van der Waals surface area contributed by atoms with E-state index in [-0.39, 0.29) is 18.1 Å². The molecule has 0 bridgehead atoms. The SMILES string of the molecule is CC(=O)N[C@H]1CO[C@H](COCc2ccccc2)[C@@H](OCc2ccccc2)[C@@H]1OCc1ccccc1. The van der Waals surface area contributed by atoms with Gasteiger partial charge in [0.25, 0.3) is 0 Å². The van der Waals surface area contributed by atoms with Crippen LogP contribution >= 0.6 is 0 Å². The lowest BCUT2D eigenvalue weighted by molar-refractivity contribution is -0.208. The van der Waals surface area contributed by atoms with Crippen molar-refractivity contribution in [3.63, 3.8) is 0 Å². The first kappa shape index (κ1) is 25.1. The number of benzene rings is 3. The van der Waals surface area contributed by atoms with Gasteiger partial charge in [0.1, 0.15) is 18.3 Å². The lowest BCUT2D eigenvalue weighted by Gasteiger charge is -2.42. The van der Waals surface area contributed by atoms with Crippen LogP contribution < -0.4 is 5.32 Å². The smallest absolute Gasteiger partial charge is 0.217 e. The van der Waals surface area contributed by atoms with Crippen LogP contribution in [0.25, 0.3) is 0 Å². The molecule has 0 spiro atoms. The molecule has 0 saturated carbocycles. The Labute approximate surface area is 207 Å². The number of carbonyl (C=O) groups excluding carboxylic acids is 1. The Kier molecular flexibility index (Phi) is 9.43. The number of ether oxygens (including phenoxy) is 4. The molecule has 4 rings (SSSR count).